The smallest absolute Gasteiger partial charge is 0.123 e. The first-order valence-electron chi connectivity index (χ1n) is 9.31. The van der Waals surface area contributed by atoms with E-state index in [1.807, 2.05) is 17.9 Å². The van der Waals surface area contributed by atoms with Crippen LogP contribution in [-0.2, 0) is 18.3 Å². The number of ether oxygens (including phenoxy) is 2. The summed E-state index contributed by atoms with van der Waals surface area (Å²) in [6, 6.07) is 8.36. The van der Waals surface area contributed by atoms with Gasteiger partial charge in [0.15, 0.2) is 0 Å². The lowest BCUT2D eigenvalue weighted by atomic mass is 9.97. The van der Waals surface area contributed by atoms with Gasteiger partial charge in [-0.05, 0) is 31.2 Å². The van der Waals surface area contributed by atoms with E-state index >= 15 is 0 Å². The number of nitrogens with one attached hydrogen (secondary N) is 1. The van der Waals surface area contributed by atoms with E-state index in [2.05, 4.69) is 40.9 Å². The minimum Gasteiger partial charge on any atom is -0.493 e. The fourth-order valence-corrected chi connectivity index (χ4v) is 3.47. The number of benzene rings is 1. The molecule has 2 heterocycles. The quantitative estimate of drug-likeness (QED) is 0.802. The van der Waals surface area contributed by atoms with Crippen LogP contribution < -0.4 is 10.1 Å². The van der Waals surface area contributed by atoms with Crippen LogP contribution in [0.15, 0.2) is 36.7 Å². The highest BCUT2D eigenvalue weighted by atomic mass is 16.5. The highest BCUT2D eigenvalue weighted by molar-refractivity contribution is 5.33. The van der Waals surface area contributed by atoms with Gasteiger partial charge in [0.25, 0.3) is 0 Å². The highest BCUT2D eigenvalue weighted by Gasteiger charge is 2.30. The number of nitrogens with zero attached hydrogens (tertiary/aromatic N) is 2. The Kier molecular flexibility index (Phi) is 5.04. The van der Waals surface area contributed by atoms with Crippen LogP contribution in [0.25, 0.3) is 0 Å². The number of rotatable bonds is 8. The standard InChI is InChI=1S/C20H27N3O2/c1-23-13-18(12-22-23)20-17(8-9-24-20)11-21-10-16-4-2-3-5-19(16)25-14-15-6-7-15/h2-5,12-13,15,17,20-21H,6-11,14H2,1H3. The lowest BCUT2D eigenvalue weighted by molar-refractivity contribution is 0.0904. The molecule has 1 aliphatic carbocycles. The fourth-order valence-electron chi connectivity index (χ4n) is 3.47. The molecule has 0 bridgehead atoms. The molecule has 0 spiro atoms. The predicted octanol–water partition coefficient (Wildman–Crippen LogP) is 3.08. The molecule has 0 amide bonds. The van der Waals surface area contributed by atoms with Crippen molar-refractivity contribution in [2.75, 3.05) is 19.8 Å². The second-order valence-corrected chi connectivity index (χ2v) is 7.28. The topological polar surface area (TPSA) is 48.3 Å². The third-order valence-electron chi connectivity index (χ3n) is 5.13. The first-order valence-corrected chi connectivity index (χ1v) is 9.31. The number of hydrogen-bond acceptors (Lipinski definition) is 4. The van der Waals surface area contributed by atoms with E-state index < -0.39 is 0 Å². The zero-order valence-electron chi connectivity index (χ0n) is 14.9. The summed E-state index contributed by atoms with van der Waals surface area (Å²) in [4.78, 5) is 0. The normalized spacial score (nSPS) is 23.1. The van der Waals surface area contributed by atoms with Crippen molar-refractivity contribution in [3.63, 3.8) is 0 Å². The average Bonchev–Trinajstić information content (AvgIpc) is 3.17. The molecule has 1 saturated carbocycles. The van der Waals surface area contributed by atoms with E-state index in [0.29, 0.717) is 5.92 Å². The summed E-state index contributed by atoms with van der Waals surface area (Å²) in [5, 5.41) is 7.88. The number of hydrogen-bond donors (Lipinski definition) is 1. The minimum atomic E-state index is 0.155. The van der Waals surface area contributed by atoms with E-state index in [9.17, 15) is 0 Å². The molecule has 5 nitrogen and oxygen atoms in total. The predicted molar refractivity (Wildman–Crippen MR) is 96.4 cm³/mol. The third kappa shape index (κ3) is 4.22. The van der Waals surface area contributed by atoms with Crippen molar-refractivity contribution in [1.29, 1.82) is 0 Å². The van der Waals surface area contributed by atoms with Crippen LogP contribution in [0.3, 0.4) is 0 Å². The van der Waals surface area contributed by atoms with Gasteiger partial charge in [-0.2, -0.15) is 5.10 Å². The maximum atomic E-state index is 6.00. The molecule has 1 aromatic carbocycles. The molecule has 4 rings (SSSR count). The van der Waals surface area contributed by atoms with Gasteiger partial charge in [0.2, 0.25) is 0 Å². The summed E-state index contributed by atoms with van der Waals surface area (Å²) in [6.07, 6.45) is 7.86. The van der Waals surface area contributed by atoms with Gasteiger partial charge in [-0.25, -0.2) is 0 Å². The lowest BCUT2D eigenvalue weighted by Crippen LogP contribution is -2.24. The maximum absolute atomic E-state index is 6.00. The molecule has 5 heteroatoms. The van der Waals surface area contributed by atoms with Gasteiger partial charge in [0.05, 0.1) is 18.9 Å². The molecule has 25 heavy (non-hydrogen) atoms. The minimum absolute atomic E-state index is 0.155. The Labute approximate surface area is 149 Å². The number of aromatic nitrogens is 2. The van der Waals surface area contributed by atoms with Crippen LogP contribution in [0.1, 0.15) is 36.5 Å². The molecule has 2 fully saturated rings. The van der Waals surface area contributed by atoms with Crippen LogP contribution in [0.5, 0.6) is 5.75 Å². The Morgan fingerprint density at radius 2 is 2.16 bits per heavy atom. The molecule has 1 aliphatic heterocycles. The Morgan fingerprint density at radius 3 is 2.96 bits per heavy atom. The first kappa shape index (κ1) is 16.6. The van der Waals surface area contributed by atoms with Gasteiger partial charge in [0.1, 0.15) is 5.75 Å². The molecule has 2 atom stereocenters. The summed E-state index contributed by atoms with van der Waals surface area (Å²) in [5.74, 6) is 2.29. The fraction of sp³-hybridized carbons (Fsp3) is 0.550. The highest BCUT2D eigenvalue weighted by Crippen LogP contribution is 2.34. The van der Waals surface area contributed by atoms with Gasteiger partial charge in [-0.1, -0.05) is 18.2 Å². The lowest BCUT2D eigenvalue weighted by Gasteiger charge is -2.18. The third-order valence-corrected chi connectivity index (χ3v) is 5.13. The van der Waals surface area contributed by atoms with Crippen molar-refractivity contribution in [3.05, 3.63) is 47.8 Å². The molecular formula is C20H27N3O2. The molecule has 2 aromatic rings. The van der Waals surface area contributed by atoms with Crippen molar-refractivity contribution in [1.82, 2.24) is 15.1 Å². The first-order chi connectivity index (χ1) is 12.3. The maximum Gasteiger partial charge on any atom is 0.123 e. The Morgan fingerprint density at radius 1 is 1.28 bits per heavy atom. The molecule has 0 radical (unpaired) electrons. The van der Waals surface area contributed by atoms with E-state index in [1.165, 1.54) is 24.0 Å². The summed E-state index contributed by atoms with van der Waals surface area (Å²) >= 11 is 0. The zero-order valence-corrected chi connectivity index (χ0v) is 14.9. The van der Waals surface area contributed by atoms with E-state index in [4.69, 9.17) is 9.47 Å². The largest absolute Gasteiger partial charge is 0.493 e. The molecule has 2 aliphatic rings. The second kappa shape index (κ2) is 7.58. The van der Waals surface area contributed by atoms with Crippen LogP contribution in [-0.4, -0.2) is 29.5 Å². The van der Waals surface area contributed by atoms with E-state index in [1.54, 1.807) is 0 Å². The van der Waals surface area contributed by atoms with Crippen LogP contribution in [0.2, 0.25) is 0 Å². The van der Waals surface area contributed by atoms with Gasteiger partial charge < -0.3 is 14.8 Å². The van der Waals surface area contributed by atoms with Crippen molar-refractivity contribution >= 4 is 0 Å². The number of para-hydroxylation sites is 1. The Balaban J connectivity index is 1.31. The number of aryl methyl sites for hydroxylation is 1. The molecule has 2 unspecified atom stereocenters. The second-order valence-electron chi connectivity index (χ2n) is 7.28. The van der Waals surface area contributed by atoms with Gasteiger partial charge in [0, 0.05) is 50.0 Å². The summed E-state index contributed by atoms with van der Waals surface area (Å²) in [5.41, 5.74) is 2.42. The van der Waals surface area contributed by atoms with Gasteiger partial charge in [-0.3, -0.25) is 4.68 Å². The van der Waals surface area contributed by atoms with Crippen LogP contribution in [0.4, 0.5) is 0 Å². The average molecular weight is 341 g/mol. The molecule has 1 saturated heterocycles. The summed E-state index contributed by atoms with van der Waals surface area (Å²) in [7, 11) is 1.95. The Bertz CT molecular complexity index is 696. The van der Waals surface area contributed by atoms with Crippen LogP contribution >= 0.6 is 0 Å². The molecule has 1 aromatic heterocycles. The SMILES string of the molecule is Cn1cc(C2OCCC2CNCc2ccccc2OCC2CC2)cn1. The monoisotopic (exact) mass is 341 g/mol. The summed E-state index contributed by atoms with van der Waals surface area (Å²) < 4.78 is 13.8. The molecule has 1 N–H and O–H groups in total. The Hall–Kier alpha value is -1.85. The van der Waals surface area contributed by atoms with Crippen molar-refractivity contribution in [2.45, 2.75) is 31.9 Å². The van der Waals surface area contributed by atoms with Crippen molar-refractivity contribution in [3.8, 4) is 5.75 Å². The van der Waals surface area contributed by atoms with Crippen LogP contribution in [0, 0.1) is 11.8 Å². The van der Waals surface area contributed by atoms with E-state index in [0.717, 1.165) is 44.4 Å². The molecular weight excluding hydrogens is 314 g/mol. The summed E-state index contributed by atoms with van der Waals surface area (Å²) in [6.45, 7) is 3.46. The van der Waals surface area contributed by atoms with Gasteiger partial charge in [-0.15, -0.1) is 0 Å². The van der Waals surface area contributed by atoms with E-state index in [-0.39, 0.29) is 6.10 Å². The zero-order chi connectivity index (χ0) is 17.1. The van der Waals surface area contributed by atoms with Gasteiger partial charge >= 0.3 is 0 Å². The van der Waals surface area contributed by atoms with Crippen molar-refractivity contribution < 1.29 is 9.47 Å². The molecule has 134 valence electrons. The van der Waals surface area contributed by atoms with Crippen molar-refractivity contribution in [2.24, 2.45) is 18.9 Å².